The van der Waals surface area contributed by atoms with E-state index in [1.165, 1.54) is 12.1 Å². The number of nitrogens with zero attached hydrogens (tertiary/aromatic N) is 1. The van der Waals surface area contributed by atoms with Crippen molar-refractivity contribution >= 4 is 11.6 Å². The van der Waals surface area contributed by atoms with E-state index in [0.29, 0.717) is 12.2 Å². The van der Waals surface area contributed by atoms with Crippen molar-refractivity contribution in [2.45, 2.75) is 18.9 Å². The molecule has 98 valence electrons. The standard InChI is InChI=1S/C13H18FN3O/c1-2-13(15)8-17(9-13)7-12(18)16-11-5-3-10(14)4-6-11/h3-6H,2,7-9,15H2,1H3,(H,16,18). The van der Waals surface area contributed by atoms with Crippen LogP contribution in [0.5, 0.6) is 0 Å². The van der Waals surface area contributed by atoms with Crippen LogP contribution in [0, 0.1) is 5.82 Å². The average Bonchev–Trinajstić information content (AvgIpc) is 2.30. The second-order valence-electron chi connectivity index (χ2n) is 4.92. The zero-order valence-electron chi connectivity index (χ0n) is 10.4. The Labute approximate surface area is 106 Å². The van der Waals surface area contributed by atoms with Gasteiger partial charge in [0.05, 0.1) is 6.54 Å². The van der Waals surface area contributed by atoms with Gasteiger partial charge in [-0.3, -0.25) is 9.69 Å². The van der Waals surface area contributed by atoms with Crippen molar-refractivity contribution in [2.75, 3.05) is 25.0 Å². The lowest BCUT2D eigenvalue weighted by Gasteiger charge is -2.47. The molecule has 0 atom stereocenters. The summed E-state index contributed by atoms with van der Waals surface area (Å²) in [5, 5.41) is 2.73. The second kappa shape index (κ2) is 5.04. The minimum atomic E-state index is -0.313. The lowest BCUT2D eigenvalue weighted by molar-refractivity contribution is -0.119. The number of carbonyl (C=O) groups is 1. The Hall–Kier alpha value is -1.46. The number of likely N-dealkylation sites (tertiary alicyclic amines) is 1. The summed E-state index contributed by atoms with van der Waals surface area (Å²) in [4.78, 5) is 13.7. The first-order chi connectivity index (χ1) is 8.50. The SMILES string of the molecule is CCC1(N)CN(CC(=O)Nc2ccc(F)cc2)C1. The molecule has 0 radical (unpaired) electrons. The third-order valence-electron chi connectivity index (χ3n) is 3.28. The quantitative estimate of drug-likeness (QED) is 0.845. The molecule has 2 rings (SSSR count). The van der Waals surface area contributed by atoms with E-state index in [1.54, 1.807) is 12.1 Å². The molecular weight excluding hydrogens is 233 g/mol. The predicted octanol–water partition coefficient (Wildman–Crippen LogP) is 1.19. The summed E-state index contributed by atoms with van der Waals surface area (Å²) in [5.41, 5.74) is 6.50. The predicted molar refractivity (Wildman–Crippen MR) is 68.7 cm³/mol. The van der Waals surface area contributed by atoms with Crippen LogP contribution in [-0.4, -0.2) is 36.0 Å². The Kier molecular flexibility index (Phi) is 3.63. The number of benzene rings is 1. The largest absolute Gasteiger partial charge is 0.325 e. The molecule has 18 heavy (non-hydrogen) atoms. The second-order valence-corrected chi connectivity index (χ2v) is 4.92. The maximum atomic E-state index is 12.7. The van der Waals surface area contributed by atoms with Crippen LogP contribution in [0.2, 0.25) is 0 Å². The molecular formula is C13H18FN3O. The Bertz CT molecular complexity index is 426. The fourth-order valence-electron chi connectivity index (χ4n) is 2.12. The van der Waals surface area contributed by atoms with Crippen molar-refractivity contribution in [3.63, 3.8) is 0 Å². The minimum Gasteiger partial charge on any atom is -0.325 e. The zero-order valence-corrected chi connectivity index (χ0v) is 10.4. The summed E-state index contributed by atoms with van der Waals surface area (Å²) in [6.07, 6.45) is 0.920. The summed E-state index contributed by atoms with van der Waals surface area (Å²) in [7, 11) is 0. The third kappa shape index (κ3) is 3.05. The number of carbonyl (C=O) groups excluding carboxylic acids is 1. The Morgan fingerprint density at radius 3 is 2.61 bits per heavy atom. The average molecular weight is 251 g/mol. The number of rotatable bonds is 4. The van der Waals surface area contributed by atoms with Crippen molar-refractivity contribution in [1.29, 1.82) is 0 Å². The van der Waals surface area contributed by atoms with E-state index in [0.717, 1.165) is 19.5 Å². The molecule has 0 aromatic heterocycles. The first-order valence-electron chi connectivity index (χ1n) is 6.07. The van der Waals surface area contributed by atoms with Gasteiger partial charge in [-0.25, -0.2) is 4.39 Å². The summed E-state index contributed by atoms with van der Waals surface area (Å²) in [5.74, 6) is -0.411. The number of hydrogen-bond donors (Lipinski definition) is 2. The Balaban J connectivity index is 1.78. The molecule has 0 bridgehead atoms. The van der Waals surface area contributed by atoms with Gasteiger partial charge < -0.3 is 11.1 Å². The van der Waals surface area contributed by atoms with Crippen molar-refractivity contribution < 1.29 is 9.18 Å². The van der Waals surface area contributed by atoms with Gasteiger partial charge in [-0.1, -0.05) is 6.92 Å². The van der Waals surface area contributed by atoms with Crippen LogP contribution in [0.15, 0.2) is 24.3 Å². The van der Waals surface area contributed by atoms with Crippen LogP contribution in [0.1, 0.15) is 13.3 Å². The van der Waals surface area contributed by atoms with Gasteiger partial charge in [-0.15, -0.1) is 0 Å². The first kappa shape index (κ1) is 13.0. The number of amides is 1. The molecule has 0 spiro atoms. The highest BCUT2D eigenvalue weighted by Gasteiger charge is 2.38. The molecule has 1 fully saturated rings. The summed E-state index contributed by atoms with van der Waals surface area (Å²) in [6, 6.07) is 5.73. The topological polar surface area (TPSA) is 58.4 Å². The lowest BCUT2D eigenvalue weighted by Crippen LogP contribution is -2.67. The van der Waals surface area contributed by atoms with Gasteiger partial charge in [-0.2, -0.15) is 0 Å². The summed E-state index contributed by atoms with van der Waals surface area (Å²) >= 11 is 0. The van der Waals surface area contributed by atoms with Crippen molar-refractivity contribution in [3.05, 3.63) is 30.1 Å². The molecule has 0 aliphatic carbocycles. The monoisotopic (exact) mass is 251 g/mol. The van der Waals surface area contributed by atoms with Gasteiger partial charge in [0.25, 0.3) is 0 Å². The molecule has 1 amide bonds. The van der Waals surface area contributed by atoms with Crippen LogP contribution in [0.25, 0.3) is 0 Å². The van der Waals surface area contributed by atoms with Crippen LogP contribution in [-0.2, 0) is 4.79 Å². The van der Waals surface area contributed by atoms with Gasteiger partial charge in [-0.05, 0) is 30.7 Å². The number of anilines is 1. The summed E-state index contributed by atoms with van der Waals surface area (Å²) in [6.45, 7) is 3.88. The Morgan fingerprint density at radius 1 is 1.44 bits per heavy atom. The van der Waals surface area contributed by atoms with Gasteiger partial charge in [0.2, 0.25) is 5.91 Å². The molecule has 4 nitrogen and oxygen atoms in total. The van der Waals surface area contributed by atoms with Gasteiger partial charge in [0, 0.05) is 24.3 Å². The molecule has 1 saturated heterocycles. The molecule has 5 heteroatoms. The maximum Gasteiger partial charge on any atom is 0.238 e. The number of halogens is 1. The van der Waals surface area contributed by atoms with Crippen LogP contribution in [0.3, 0.4) is 0 Å². The zero-order chi connectivity index (χ0) is 13.2. The van der Waals surface area contributed by atoms with E-state index in [-0.39, 0.29) is 17.3 Å². The number of nitrogens with one attached hydrogen (secondary N) is 1. The highest BCUT2D eigenvalue weighted by Crippen LogP contribution is 2.20. The van der Waals surface area contributed by atoms with Gasteiger partial charge >= 0.3 is 0 Å². The van der Waals surface area contributed by atoms with Gasteiger partial charge in [0.15, 0.2) is 0 Å². The molecule has 1 aliphatic heterocycles. The lowest BCUT2D eigenvalue weighted by atomic mass is 9.88. The van der Waals surface area contributed by atoms with E-state index in [2.05, 4.69) is 12.2 Å². The normalized spacial score (nSPS) is 18.2. The van der Waals surface area contributed by atoms with Crippen LogP contribution < -0.4 is 11.1 Å². The van der Waals surface area contributed by atoms with Crippen molar-refractivity contribution in [1.82, 2.24) is 4.90 Å². The molecule has 0 unspecified atom stereocenters. The third-order valence-corrected chi connectivity index (χ3v) is 3.28. The molecule has 1 heterocycles. The van der Waals surface area contributed by atoms with Crippen molar-refractivity contribution in [2.24, 2.45) is 5.73 Å². The number of nitrogens with two attached hydrogens (primary N) is 1. The van der Waals surface area contributed by atoms with Crippen molar-refractivity contribution in [3.8, 4) is 0 Å². The first-order valence-corrected chi connectivity index (χ1v) is 6.07. The van der Waals surface area contributed by atoms with E-state index in [1.807, 2.05) is 4.90 Å². The molecule has 1 aromatic rings. The highest BCUT2D eigenvalue weighted by molar-refractivity contribution is 5.92. The number of hydrogen-bond acceptors (Lipinski definition) is 3. The fraction of sp³-hybridized carbons (Fsp3) is 0.462. The molecule has 3 N–H and O–H groups in total. The highest BCUT2D eigenvalue weighted by atomic mass is 19.1. The smallest absolute Gasteiger partial charge is 0.238 e. The van der Waals surface area contributed by atoms with Crippen LogP contribution >= 0.6 is 0 Å². The summed E-state index contributed by atoms with van der Waals surface area (Å²) < 4.78 is 12.7. The fourth-order valence-corrected chi connectivity index (χ4v) is 2.12. The minimum absolute atomic E-state index is 0.0974. The molecule has 1 aliphatic rings. The Morgan fingerprint density at radius 2 is 2.06 bits per heavy atom. The van der Waals surface area contributed by atoms with E-state index in [9.17, 15) is 9.18 Å². The van der Waals surface area contributed by atoms with E-state index < -0.39 is 0 Å². The molecule has 1 aromatic carbocycles. The van der Waals surface area contributed by atoms with Gasteiger partial charge in [0.1, 0.15) is 5.82 Å². The molecule has 0 saturated carbocycles. The van der Waals surface area contributed by atoms with E-state index >= 15 is 0 Å². The van der Waals surface area contributed by atoms with E-state index in [4.69, 9.17) is 5.73 Å². The van der Waals surface area contributed by atoms with Crippen LogP contribution in [0.4, 0.5) is 10.1 Å². The maximum absolute atomic E-state index is 12.7.